The van der Waals surface area contributed by atoms with E-state index < -0.39 is 0 Å². The van der Waals surface area contributed by atoms with Crippen molar-refractivity contribution >= 4 is 0 Å². The van der Waals surface area contributed by atoms with Crippen LogP contribution in [0.2, 0.25) is 0 Å². The van der Waals surface area contributed by atoms with Crippen LogP contribution in [0, 0.1) is 34.5 Å². The van der Waals surface area contributed by atoms with Gasteiger partial charge >= 0.3 is 0 Å². The van der Waals surface area contributed by atoms with E-state index >= 15 is 0 Å². The van der Waals surface area contributed by atoms with Gasteiger partial charge in [-0.2, -0.15) is 0 Å². The maximum atomic E-state index is 2.79. The van der Waals surface area contributed by atoms with E-state index in [1.165, 1.54) is 77.0 Å². The molecule has 4 rings (SSSR count). The maximum absolute atomic E-state index is 2.79. The highest BCUT2D eigenvalue weighted by atomic mass is 14.6. The third kappa shape index (κ3) is 2.37. The van der Waals surface area contributed by atoms with Gasteiger partial charge in [-0.25, -0.2) is 0 Å². The normalized spacial score (nSPS) is 49.1. The Morgan fingerprint density at radius 3 is 2.74 bits per heavy atom. The Hall–Kier alpha value is -0.260. The zero-order chi connectivity index (χ0) is 16.1. The fourth-order valence-electron chi connectivity index (χ4n) is 7.59. The molecule has 0 aliphatic heterocycles. The molecule has 4 aliphatic carbocycles. The van der Waals surface area contributed by atoms with Gasteiger partial charge in [0, 0.05) is 0 Å². The highest BCUT2D eigenvalue weighted by Gasteiger charge is 2.56. The number of allylic oxidation sites excluding steroid dienone is 2. The van der Waals surface area contributed by atoms with E-state index in [1.54, 1.807) is 0 Å². The standard InChI is InChI=1S/C23H38/c1-4-5-8-17-11-13-20-19-12-10-18-9-6-7-15-22(18,2)21(19)14-16-23(17,20)3/h14,17-20H,4-13,15-16H2,1-3H3/t17-,18?,19-,20-,22-,23+/m0/s1. The van der Waals surface area contributed by atoms with Crippen LogP contribution in [0.1, 0.15) is 97.8 Å². The van der Waals surface area contributed by atoms with Crippen molar-refractivity contribution in [1.82, 2.24) is 0 Å². The second-order valence-electron chi connectivity index (χ2n) is 9.94. The van der Waals surface area contributed by atoms with Gasteiger partial charge in [0.1, 0.15) is 0 Å². The molecule has 0 saturated heterocycles. The quantitative estimate of drug-likeness (QED) is 0.485. The molecule has 3 fully saturated rings. The topological polar surface area (TPSA) is 0 Å². The first kappa shape index (κ1) is 16.2. The van der Waals surface area contributed by atoms with Crippen LogP contribution in [0.25, 0.3) is 0 Å². The van der Waals surface area contributed by atoms with Gasteiger partial charge in [-0.15, -0.1) is 0 Å². The molecule has 0 aromatic rings. The van der Waals surface area contributed by atoms with Crippen LogP contribution in [0.5, 0.6) is 0 Å². The van der Waals surface area contributed by atoms with Gasteiger partial charge in [-0.1, -0.05) is 58.1 Å². The maximum Gasteiger partial charge on any atom is -0.00853 e. The molecule has 0 aromatic heterocycles. The Labute approximate surface area is 144 Å². The molecule has 6 atom stereocenters. The zero-order valence-electron chi connectivity index (χ0n) is 15.9. The Bertz CT molecular complexity index is 474. The summed E-state index contributed by atoms with van der Waals surface area (Å²) in [5.41, 5.74) is 3.18. The summed E-state index contributed by atoms with van der Waals surface area (Å²) in [6, 6.07) is 0. The van der Waals surface area contributed by atoms with Gasteiger partial charge in [0.15, 0.2) is 0 Å². The first-order valence-electron chi connectivity index (χ1n) is 10.8. The van der Waals surface area contributed by atoms with E-state index in [1.807, 2.05) is 5.57 Å². The summed E-state index contributed by atoms with van der Waals surface area (Å²) in [7, 11) is 0. The number of fused-ring (bicyclic) bond motifs is 5. The van der Waals surface area contributed by atoms with Crippen LogP contribution in [0.4, 0.5) is 0 Å². The van der Waals surface area contributed by atoms with Crippen LogP contribution >= 0.6 is 0 Å². The second kappa shape index (κ2) is 5.92. The summed E-state index contributed by atoms with van der Waals surface area (Å²) in [6.45, 7) is 7.69. The van der Waals surface area contributed by atoms with Crippen molar-refractivity contribution in [2.24, 2.45) is 34.5 Å². The van der Waals surface area contributed by atoms with E-state index in [9.17, 15) is 0 Å². The lowest BCUT2D eigenvalue weighted by molar-refractivity contribution is 0.0286. The van der Waals surface area contributed by atoms with Crippen molar-refractivity contribution in [1.29, 1.82) is 0 Å². The second-order valence-corrected chi connectivity index (χ2v) is 9.94. The predicted octanol–water partition coefficient (Wildman–Crippen LogP) is 7.15. The van der Waals surface area contributed by atoms with Crippen LogP contribution in [0.3, 0.4) is 0 Å². The molecule has 0 heteroatoms. The molecular weight excluding hydrogens is 276 g/mol. The van der Waals surface area contributed by atoms with Crippen molar-refractivity contribution in [3.8, 4) is 0 Å². The van der Waals surface area contributed by atoms with E-state index in [4.69, 9.17) is 0 Å². The summed E-state index contributed by atoms with van der Waals surface area (Å²) in [5, 5.41) is 0. The van der Waals surface area contributed by atoms with Crippen molar-refractivity contribution in [2.75, 3.05) is 0 Å². The summed E-state index contributed by atoms with van der Waals surface area (Å²) < 4.78 is 0. The van der Waals surface area contributed by atoms with Gasteiger partial charge in [0.05, 0.1) is 0 Å². The Morgan fingerprint density at radius 1 is 1.04 bits per heavy atom. The lowest BCUT2D eigenvalue weighted by atomic mass is 9.49. The molecule has 0 aromatic carbocycles. The van der Waals surface area contributed by atoms with Gasteiger partial charge < -0.3 is 0 Å². The molecule has 1 unspecified atom stereocenters. The molecule has 130 valence electrons. The minimum atomic E-state index is 0.587. The van der Waals surface area contributed by atoms with Gasteiger partial charge in [0.25, 0.3) is 0 Å². The summed E-state index contributed by atoms with van der Waals surface area (Å²) in [5.74, 6) is 4.01. The number of rotatable bonds is 3. The number of hydrogen-bond donors (Lipinski definition) is 0. The molecule has 0 heterocycles. The molecule has 4 aliphatic rings. The summed E-state index contributed by atoms with van der Waals surface area (Å²) in [6.07, 6.45) is 20.6. The van der Waals surface area contributed by atoms with Crippen LogP contribution in [-0.2, 0) is 0 Å². The monoisotopic (exact) mass is 314 g/mol. The third-order valence-electron chi connectivity index (χ3n) is 9.04. The van der Waals surface area contributed by atoms with Crippen LogP contribution < -0.4 is 0 Å². The fraction of sp³-hybridized carbons (Fsp3) is 0.913. The van der Waals surface area contributed by atoms with E-state index in [2.05, 4.69) is 26.8 Å². The smallest absolute Gasteiger partial charge is 0.00853 e. The van der Waals surface area contributed by atoms with Gasteiger partial charge in [0.2, 0.25) is 0 Å². The molecule has 0 nitrogen and oxygen atoms in total. The van der Waals surface area contributed by atoms with E-state index in [-0.39, 0.29) is 0 Å². The first-order chi connectivity index (χ1) is 11.1. The number of hydrogen-bond acceptors (Lipinski definition) is 0. The van der Waals surface area contributed by atoms with Gasteiger partial charge in [-0.05, 0) is 85.9 Å². The average Bonchev–Trinajstić information content (AvgIpc) is 2.89. The van der Waals surface area contributed by atoms with Crippen molar-refractivity contribution in [3.63, 3.8) is 0 Å². The van der Waals surface area contributed by atoms with Crippen LogP contribution in [0.15, 0.2) is 11.6 Å². The minimum Gasteiger partial charge on any atom is -0.0839 e. The molecular formula is C23H38. The summed E-state index contributed by atoms with van der Waals surface area (Å²) in [4.78, 5) is 0. The van der Waals surface area contributed by atoms with Crippen molar-refractivity contribution in [2.45, 2.75) is 97.8 Å². The van der Waals surface area contributed by atoms with Crippen molar-refractivity contribution in [3.05, 3.63) is 11.6 Å². The highest BCUT2D eigenvalue weighted by molar-refractivity contribution is 5.28. The predicted molar refractivity (Wildman–Crippen MR) is 99.3 cm³/mol. The average molecular weight is 315 g/mol. The molecule has 0 N–H and O–H groups in total. The molecule has 3 saturated carbocycles. The Morgan fingerprint density at radius 2 is 1.91 bits per heavy atom. The third-order valence-corrected chi connectivity index (χ3v) is 9.04. The molecule has 23 heavy (non-hydrogen) atoms. The van der Waals surface area contributed by atoms with Gasteiger partial charge in [-0.3, -0.25) is 0 Å². The SMILES string of the molecule is CCCC[C@H]1CC[C@H]2[C@@H]3CCC4CCCC[C@]4(C)C3=CC[C@]12C. The van der Waals surface area contributed by atoms with Crippen molar-refractivity contribution < 1.29 is 0 Å². The lowest BCUT2D eigenvalue weighted by Crippen LogP contribution is -2.46. The Kier molecular flexibility index (Phi) is 4.18. The largest absolute Gasteiger partial charge is 0.0839 e. The van der Waals surface area contributed by atoms with E-state index in [0.717, 1.165) is 23.7 Å². The molecule has 0 bridgehead atoms. The molecule has 0 amide bonds. The number of unbranched alkanes of at least 4 members (excludes halogenated alkanes) is 1. The minimum absolute atomic E-state index is 0.587. The molecule has 0 spiro atoms. The first-order valence-corrected chi connectivity index (χ1v) is 10.8. The summed E-state index contributed by atoms with van der Waals surface area (Å²) >= 11 is 0. The zero-order valence-corrected chi connectivity index (χ0v) is 15.9. The highest BCUT2D eigenvalue weighted by Crippen LogP contribution is 2.65. The Balaban J connectivity index is 1.61. The van der Waals surface area contributed by atoms with Crippen LogP contribution in [-0.4, -0.2) is 0 Å². The lowest BCUT2D eigenvalue weighted by Gasteiger charge is -2.56. The molecule has 0 radical (unpaired) electrons. The fourth-order valence-corrected chi connectivity index (χ4v) is 7.59. The van der Waals surface area contributed by atoms with E-state index in [0.29, 0.717) is 10.8 Å².